The van der Waals surface area contributed by atoms with Crippen molar-refractivity contribution in [2.24, 2.45) is 0 Å². The first-order valence-electron chi connectivity index (χ1n) is 11.5. The molecule has 4 aromatic carbocycles. The molecule has 0 saturated heterocycles. The first-order valence-corrected chi connectivity index (χ1v) is 11.5. The van der Waals surface area contributed by atoms with E-state index in [1.807, 2.05) is 54.6 Å². The Morgan fingerprint density at radius 2 is 0.879 bits per heavy atom. The van der Waals surface area contributed by atoms with Crippen LogP contribution in [0.15, 0.2) is 97.1 Å². The second-order valence-corrected chi connectivity index (χ2v) is 8.46. The Morgan fingerprint density at radius 3 is 1.42 bits per heavy atom. The zero-order chi connectivity index (χ0) is 23.0. The summed E-state index contributed by atoms with van der Waals surface area (Å²) in [5, 5.41) is 31.1. The summed E-state index contributed by atoms with van der Waals surface area (Å²) < 4.78 is 0. The molecule has 3 heteroatoms. The third-order valence-electron chi connectivity index (χ3n) is 6.33. The lowest BCUT2D eigenvalue weighted by Gasteiger charge is -2.21. The Balaban J connectivity index is 1.51. The minimum atomic E-state index is -0.110. The van der Waals surface area contributed by atoms with Crippen LogP contribution >= 0.6 is 0 Å². The van der Waals surface area contributed by atoms with Crippen molar-refractivity contribution in [2.75, 3.05) is 0 Å². The van der Waals surface area contributed by atoms with Gasteiger partial charge in [0.1, 0.15) is 17.2 Å². The lowest BCUT2D eigenvalue weighted by atomic mass is 9.84. The average Bonchev–Trinajstić information content (AvgIpc) is 2.83. The largest absolute Gasteiger partial charge is 0.508 e. The van der Waals surface area contributed by atoms with Gasteiger partial charge in [-0.1, -0.05) is 78.9 Å². The monoisotopic (exact) mass is 438 g/mol. The predicted octanol–water partition coefficient (Wildman–Crippen LogP) is 6.74. The molecule has 0 atom stereocenters. The summed E-state index contributed by atoms with van der Waals surface area (Å²) in [6.07, 6.45) is 4.32. The lowest BCUT2D eigenvalue weighted by Crippen LogP contribution is -2.05. The molecule has 0 fully saturated rings. The molecule has 0 radical (unpaired) electrons. The van der Waals surface area contributed by atoms with Crippen LogP contribution < -0.4 is 0 Å². The molecule has 0 aromatic heterocycles. The Labute approximate surface area is 195 Å². The molecule has 4 rings (SSSR count). The number of hydrogen-bond donors (Lipinski definition) is 3. The van der Waals surface area contributed by atoms with Crippen molar-refractivity contribution in [3.05, 3.63) is 125 Å². The zero-order valence-corrected chi connectivity index (χ0v) is 18.7. The normalized spacial score (nSPS) is 11.1. The molecule has 4 aromatic rings. The minimum absolute atomic E-state index is 0.110. The molecular formula is C30H30O3. The van der Waals surface area contributed by atoms with Crippen molar-refractivity contribution in [3.63, 3.8) is 0 Å². The van der Waals surface area contributed by atoms with Gasteiger partial charge in [-0.3, -0.25) is 0 Å². The van der Waals surface area contributed by atoms with E-state index in [9.17, 15) is 15.3 Å². The van der Waals surface area contributed by atoms with Crippen LogP contribution in [0.4, 0.5) is 0 Å². The molecule has 0 aliphatic rings. The van der Waals surface area contributed by atoms with Crippen molar-refractivity contribution in [3.8, 4) is 17.2 Å². The number of phenolic OH excluding ortho intramolecular Hbond substituents is 3. The van der Waals surface area contributed by atoms with E-state index in [0.717, 1.165) is 48.8 Å². The van der Waals surface area contributed by atoms with Gasteiger partial charge in [0.05, 0.1) is 0 Å². The van der Waals surface area contributed by atoms with Gasteiger partial charge in [-0.2, -0.15) is 0 Å². The van der Waals surface area contributed by atoms with Gasteiger partial charge in [0, 0.05) is 17.0 Å². The van der Waals surface area contributed by atoms with Gasteiger partial charge in [0.25, 0.3) is 0 Å². The van der Waals surface area contributed by atoms with Gasteiger partial charge in [-0.05, 0) is 67.0 Å². The molecule has 0 saturated carbocycles. The summed E-state index contributed by atoms with van der Waals surface area (Å²) >= 11 is 0. The number of rotatable bonds is 9. The smallest absolute Gasteiger partial charge is 0.119 e. The third-order valence-corrected chi connectivity index (χ3v) is 6.33. The average molecular weight is 439 g/mol. The predicted molar refractivity (Wildman–Crippen MR) is 133 cm³/mol. The highest BCUT2D eigenvalue weighted by atomic mass is 16.3. The van der Waals surface area contributed by atoms with Crippen LogP contribution in [0.2, 0.25) is 0 Å². The van der Waals surface area contributed by atoms with E-state index in [4.69, 9.17) is 0 Å². The van der Waals surface area contributed by atoms with Crippen molar-refractivity contribution >= 4 is 0 Å². The zero-order valence-electron chi connectivity index (χ0n) is 18.7. The van der Waals surface area contributed by atoms with E-state index >= 15 is 0 Å². The van der Waals surface area contributed by atoms with Gasteiger partial charge in [0.2, 0.25) is 0 Å². The highest BCUT2D eigenvalue weighted by Gasteiger charge is 2.20. The summed E-state index contributed by atoms with van der Waals surface area (Å²) in [7, 11) is 0. The number of phenols is 3. The van der Waals surface area contributed by atoms with Crippen molar-refractivity contribution in [2.45, 2.75) is 38.0 Å². The second kappa shape index (κ2) is 10.7. The van der Waals surface area contributed by atoms with Gasteiger partial charge >= 0.3 is 0 Å². The number of hydrogen-bond acceptors (Lipinski definition) is 3. The van der Waals surface area contributed by atoms with Crippen LogP contribution in [0.5, 0.6) is 17.2 Å². The fraction of sp³-hybridized carbons (Fsp3) is 0.200. The summed E-state index contributed by atoms with van der Waals surface area (Å²) in [4.78, 5) is 0. The fourth-order valence-electron chi connectivity index (χ4n) is 4.58. The number of aryl methyl sites for hydroxylation is 3. The third kappa shape index (κ3) is 5.56. The fourth-order valence-corrected chi connectivity index (χ4v) is 4.58. The van der Waals surface area contributed by atoms with E-state index in [2.05, 4.69) is 24.3 Å². The molecule has 3 N–H and O–H groups in total. The SMILES string of the molecule is Oc1ccccc1CCCc1ccccc1CCC(c1ccccc1O)c1ccccc1O. The molecule has 0 heterocycles. The molecule has 168 valence electrons. The summed E-state index contributed by atoms with van der Waals surface area (Å²) in [5.41, 5.74) is 5.23. The molecule has 3 nitrogen and oxygen atoms in total. The van der Waals surface area contributed by atoms with Crippen LogP contribution in [0.1, 0.15) is 46.6 Å². The quantitative estimate of drug-likeness (QED) is 0.271. The standard InChI is InChI=1S/C30H30O3/c31-28-17-6-3-12-24(28)14-9-13-22-10-1-2-11-23(22)20-21-25(26-15-4-7-18-29(26)32)27-16-5-8-19-30(27)33/h1-8,10-12,15-19,25,31-33H,9,13-14,20-21H2. The Bertz CT molecular complexity index is 1150. The van der Waals surface area contributed by atoms with E-state index in [0.29, 0.717) is 5.75 Å². The van der Waals surface area contributed by atoms with Gasteiger partial charge in [-0.15, -0.1) is 0 Å². The summed E-state index contributed by atoms with van der Waals surface area (Å²) in [6.45, 7) is 0. The highest BCUT2D eigenvalue weighted by Crippen LogP contribution is 2.38. The molecular weight excluding hydrogens is 408 g/mol. The highest BCUT2D eigenvalue weighted by molar-refractivity contribution is 5.46. The van der Waals surface area contributed by atoms with Gasteiger partial charge < -0.3 is 15.3 Å². The Kier molecular flexibility index (Phi) is 7.31. The molecule has 0 aliphatic heterocycles. The summed E-state index contributed by atoms with van der Waals surface area (Å²) in [6, 6.07) is 30.8. The maximum atomic E-state index is 10.5. The Morgan fingerprint density at radius 1 is 0.455 bits per heavy atom. The molecule has 0 bridgehead atoms. The number of benzene rings is 4. The van der Waals surface area contributed by atoms with Crippen LogP contribution in [-0.2, 0) is 19.3 Å². The van der Waals surface area contributed by atoms with E-state index < -0.39 is 0 Å². The lowest BCUT2D eigenvalue weighted by molar-refractivity contribution is 0.451. The molecule has 33 heavy (non-hydrogen) atoms. The topological polar surface area (TPSA) is 60.7 Å². The first kappa shape index (κ1) is 22.5. The molecule has 0 spiro atoms. The molecule has 0 aliphatic carbocycles. The number of aromatic hydroxyl groups is 3. The van der Waals surface area contributed by atoms with Crippen molar-refractivity contribution in [1.29, 1.82) is 0 Å². The number of para-hydroxylation sites is 3. The van der Waals surface area contributed by atoms with Crippen LogP contribution in [0.25, 0.3) is 0 Å². The second-order valence-electron chi connectivity index (χ2n) is 8.46. The van der Waals surface area contributed by atoms with Crippen molar-refractivity contribution in [1.82, 2.24) is 0 Å². The molecule has 0 unspecified atom stereocenters. The van der Waals surface area contributed by atoms with Crippen molar-refractivity contribution < 1.29 is 15.3 Å². The maximum absolute atomic E-state index is 10.5. The van der Waals surface area contributed by atoms with Crippen LogP contribution in [0.3, 0.4) is 0 Å². The van der Waals surface area contributed by atoms with Crippen LogP contribution in [-0.4, -0.2) is 15.3 Å². The van der Waals surface area contributed by atoms with E-state index in [-0.39, 0.29) is 17.4 Å². The van der Waals surface area contributed by atoms with E-state index in [1.165, 1.54) is 11.1 Å². The first-order chi connectivity index (χ1) is 16.1. The van der Waals surface area contributed by atoms with E-state index in [1.54, 1.807) is 18.2 Å². The van der Waals surface area contributed by atoms with Crippen LogP contribution in [0, 0.1) is 0 Å². The minimum Gasteiger partial charge on any atom is -0.508 e. The van der Waals surface area contributed by atoms with Gasteiger partial charge in [0.15, 0.2) is 0 Å². The van der Waals surface area contributed by atoms with Gasteiger partial charge in [-0.25, -0.2) is 0 Å². The molecule has 0 amide bonds. The summed E-state index contributed by atoms with van der Waals surface area (Å²) in [5.74, 6) is 0.754. The maximum Gasteiger partial charge on any atom is 0.119 e. The Hall–Kier alpha value is -3.72.